The Hall–Kier alpha value is -4.01. The molecule has 4 aromatic rings. The molecule has 0 aliphatic heterocycles. The van der Waals surface area contributed by atoms with Gasteiger partial charge in [-0.15, -0.1) is 0 Å². The van der Waals surface area contributed by atoms with Crippen molar-refractivity contribution >= 4 is 23.2 Å². The van der Waals surface area contributed by atoms with Crippen molar-refractivity contribution in [2.75, 3.05) is 18.2 Å². The Labute approximate surface area is 160 Å². The largest absolute Gasteiger partial charge is 0.481 e. The molecule has 0 saturated carbocycles. The Bertz CT molecular complexity index is 1190. The number of ether oxygens (including phenoxy) is 1. The SMILES string of the molecule is COc1cccc(-c2cc(-c3ccc4nc(NC(C)=O)cn4n3)cnc2N)n1. The number of aromatic nitrogens is 5. The van der Waals surface area contributed by atoms with Crippen molar-refractivity contribution in [1.29, 1.82) is 0 Å². The van der Waals surface area contributed by atoms with Crippen LogP contribution in [-0.2, 0) is 4.79 Å². The Kier molecular flexibility index (Phi) is 4.32. The summed E-state index contributed by atoms with van der Waals surface area (Å²) in [5.41, 5.74) is 9.46. The third-order valence-corrected chi connectivity index (χ3v) is 4.05. The van der Waals surface area contributed by atoms with Crippen LogP contribution in [0.2, 0.25) is 0 Å². The van der Waals surface area contributed by atoms with Gasteiger partial charge in [-0.1, -0.05) is 6.07 Å². The molecule has 140 valence electrons. The minimum Gasteiger partial charge on any atom is -0.481 e. The second kappa shape index (κ2) is 6.95. The fraction of sp³-hybridized carbons (Fsp3) is 0.105. The number of pyridine rings is 2. The molecule has 0 atom stereocenters. The van der Waals surface area contributed by atoms with Crippen LogP contribution in [-0.4, -0.2) is 37.6 Å². The number of anilines is 2. The first-order chi connectivity index (χ1) is 13.5. The number of fused-ring (bicyclic) bond motifs is 1. The molecular weight excluding hydrogens is 358 g/mol. The molecule has 0 fully saturated rings. The monoisotopic (exact) mass is 375 g/mol. The fourth-order valence-corrected chi connectivity index (χ4v) is 2.78. The minimum absolute atomic E-state index is 0.193. The van der Waals surface area contributed by atoms with E-state index in [0.29, 0.717) is 40.1 Å². The first kappa shape index (κ1) is 17.4. The van der Waals surface area contributed by atoms with Gasteiger partial charge in [-0.05, 0) is 24.3 Å². The summed E-state index contributed by atoms with van der Waals surface area (Å²) in [6, 6.07) is 11.0. The Morgan fingerprint density at radius 1 is 1.18 bits per heavy atom. The number of nitrogen functional groups attached to an aromatic ring is 1. The molecule has 4 rings (SSSR count). The van der Waals surface area contributed by atoms with Gasteiger partial charge in [0.25, 0.3) is 0 Å². The molecule has 4 heterocycles. The quantitative estimate of drug-likeness (QED) is 0.562. The molecule has 1 amide bonds. The number of hydrogen-bond donors (Lipinski definition) is 2. The lowest BCUT2D eigenvalue weighted by Gasteiger charge is -2.08. The third-order valence-electron chi connectivity index (χ3n) is 4.05. The minimum atomic E-state index is -0.193. The van der Waals surface area contributed by atoms with E-state index >= 15 is 0 Å². The van der Waals surface area contributed by atoms with Gasteiger partial charge in [0.2, 0.25) is 11.8 Å². The van der Waals surface area contributed by atoms with Crippen molar-refractivity contribution in [3.8, 4) is 28.4 Å². The zero-order valence-electron chi connectivity index (χ0n) is 15.2. The van der Waals surface area contributed by atoms with Crippen LogP contribution in [0, 0.1) is 0 Å². The normalized spacial score (nSPS) is 10.8. The van der Waals surface area contributed by atoms with Gasteiger partial charge in [0, 0.05) is 30.3 Å². The van der Waals surface area contributed by atoms with Gasteiger partial charge in [-0.3, -0.25) is 4.79 Å². The highest BCUT2D eigenvalue weighted by Gasteiger charge is 2.11. The molecule has 9 heteroatoms. The van der Waals surface area contributed by atoms with E-state index in [0.717, 1.165) is 5.56 Å². The summed E-state index contributed by atoms with van der Waals surface area (Å²) in [5.74, 6) is 1.10. The number of methoxy groups -OCH3 is 1. The summed E-state index contributed by atoms with van der Waals surface area (Å²) in [7, 11) is 1.56. The van der Waals surface area contributed by atoms with Crippen molar-refractivity contribution in [2.45, 2.75) is 6.92 Å². The summed E-state index contributed by atoms with van der Waals surface area (Å²) < 4.78 is 6.78. The number of rotatable bonds is 4. The number of nitrogens with two attached hydrogens (primary N) is 1. The molecule has 9 nitrogen and oxygen atoms in total. The summed E-state index contributed by atoms with van der Waals surface area (Å²) in [4.78, 5) is 24.2. The van der Waals surface area contributed by atoms with E-state index in [9.17, 15) is 4.79 Å². The van der Waals surface area contributed by atoms with Crippen molar-refractivity contribution < 1.29 is 9.53 Å². The zero-order valence-corrected chi connectivity index (χ0v) is 15.2. The van der Waals surface area contributed by atoms with Crippen LogP contribution in [0.15, 0.2) is 48.8 Å². The Morgan fingerprint density at radius 2 is 2.04 bits per heavy atom. The molecule has 0 aliphatic rings. The van der Waals surface area contributed by atoms with Crippen LogP contribution in [0.1, 0.15) is 6.92 Å². The standard InChI is InChI=1S/C19H17N7O2/c1-11(27)22-16-10-26-17(24-16)7-6-14(25-26)12-8-13(19(20)21-9-12)15-4-3-5-18(23-15)28-2/h3-10H,1-2H3,(H2,20,21)(H,22,27). The molecule has 0 aromatic carbocycles. The van der Waals surface area contributed by atoms with Crippen molar-refractivity contribution in [2.24, 2.45) is 0 Å². The highest BCUT2D eigenvalue weighted by Crippen LogP contribution is 2.28. The van der Waals surface area contributed by atoms with E-state index in [1.807, 2.05) is 30.3 Å². The van der Waals surface area contributed by atoms with Crippen LogP contribution in [0.5, 0.6) is 5.88 Å². The van der Waals surface area contributed by atoms with Gasteiger partial charge < -0.3 is 15.8 Å². The summed E-state index contributed by atoms with van der Waals surface area (Å²) >= 11 is 0. The summed E-state index contributed by atoms with van der Waals surface area (Å²) in [6.07, 6.45) is 3.30. The van der Waals surface area contributed by atoms with Crippen molar-refractivity contribution in [3.05, 3.63) is 48.8 Å². The molecule has 28 heavy (non-hydrogen) atoms. The maximum absolute atomic E-state index is 11.2. The van der Waals surface area contributed by atoms with Gasteiger partial charge in [0.15, 0.2) is 11.5 Å². The lowest BCUT2D eigenvalue weighted by molar-refractivity contribution is -0.114. The van der Waals surface area contributed by atoms with Gasteiger partial charge in [-0.25, -0.2) is 19.5 Å². The molecule has 4 aromatic heterocycles. The van der Waals surface area contributed by atoms with Crippen molar-refractivity contribution in [1.82, 2.24) is 24.6 Å². The average molecular weight is 375 g/mol. The van der Waals surface area contributed by atoms with Gasteiger partial charge >= 0.3 is 0 Å². The smallest absolute Gasteiger partial charge is 0.222 e. The molecule has 0 radical (unpaired) electrons. The molecule has 3 N–H and O–H groups in total. The number of nitrogens with one attached hydrogen (secondary N) is 1. The number of hydrogen-bond acceptors (Lipinski definition) is 7. The zero-order chi connectivity index (χ0) is 19.7. The van der Waals surface area contributed by atoms with Crippen LogP contribution in [0.3, 0.4) is 0 Å². The topological polar surface area (TPSA) is 120 Å². The number of nitrogens with zero attached hydrogens (tertiary/aromatic N) is 5. The number of amides is 1. The fourth-order valence-electron chi connectivity index (χ4n) is 2.78. The summed E-state index contributed by atoms with van der Waals surface area (Å²) in [6.45, 7) is 1.43. The lowest BCUT2D eigenvalue weighted by Crippen LogP contribution is -2.05. The van der Waals surface area contributed by atoms with E-state index in [1.165, 1.54) is 6.92 Å². The Balaban J connectivity index is 1.75. The van der Waals surface area contributed by atoms with Crippen LogP contribution < -0.4 is 15.8 Å². The molecule has 0 unspecified atom stereocenters. The van der Waals surface area contributed by atoms with Gasteiger partial charge in [0.1, 0.15) is 5.82 Å². The maximum Gasteiger partial charge on any atom is 0.222 e. The van der Waals surface area contributed by atoms with E-state index < -0.39 is 0 Å². The molecule has 0 aliphatic carbocycles. The van der Waals surface area contributed by atoms with Crippen LogP contribution in [0.25, 0.3) is 28.2 Å². The Morgan fingerprint density at radius 3 is 2.82 bits per heavy atom. The van der Waals surface area contributed by atoms with E-state index in [-0.39, 0.29) is 5.91 Å². The van der Waals surface area contributed by atoms with Crippen LogP contribution in [0.4, 0.5) is 11.6 Å². The molecule has 0 spiro atoms. The predicted octanol–water partition coefficient (Wildman–Crippen LogP) is 2.40. The second-order valence-electron chi connectivity index (χ2n) is 6.05. The molecule has 0 saturated heterocycles. The van der Waals surface area contributed by atoms with Crippen molar-refractivity contribution in [3.63, 3.8) is 0 Å². The average Bonchev–Trinajstić information content (AvgIpc) is 3.09. The number of carbonyl (C=O) groups excluding carboxylic acids is 1. The van der Waals surface area contributed by atoms with Crippen LogP contribution >= 0.6 is 0 Å². The first-order valence-electron chi connectivity index (χ1n) is 8.45. The first-order valence-corrected chi connectivity index (χ1v) is 8.45. The number of carbonyl (C=O) groups is 1. The van der Waals surface area contributed by atoms with E-state index in [1.54, 1.807) is 30.1 Å². The predicted molar refractivity (Wildman–Crippen MR) is 105 cm³/mol. The number of imidazole rings is 1. The highest BCUT2D eigenvalue weighted by molar-refractivity contribution is 5.87. The highest BCUT2D eigenvalue weighted by atomic mass is 16.5. The maximum atomic E-state index is 11.2. The van der Waals surface area contributed by atoms with Gasteiger partial charge in [0.05, 0.1) is 24.7 Å². The lowest BCUT2D eigenvalue weighted by atomic mass is 10.1. The molecular formula is C19H17N7O2. The van der Waals surface area contributed by atoms with Gasteiger partial charge in [-0.2, -0.15) is 5.10 Å². The second-order valence-corrected chi connectivity index (χ2v) is 6.05. The summed E-state index contributed by atoms with van der Waals surface area (Å²) in [5, 5.41) is 7.19. The third kappa shape index (κ3) is 3.32. The van der Waals surface area contributed by atoms with E-state index in [2.05, 4.69) is 25.4 Å². The van der Waals surface area contributed by atoms with E-state index in [4.69, 9.17) is 10.5 Å². The molecule has 0 bridgehead atoms.